The Labute approximate surface area is 183 Å². The number of nitrogens with zero attached hydrogens (tertiary/aromatic N) is 3. The molecule has 2 heterocycles. The molecular formula is C20H20BrN3O5S. The SMILES string of the molecule is COc1ccc2c(c1)N(CN1CCN(S(=O)(=O)c3cccc(Br)c3)CC1)C(=O)C2=O. The predicted octanol–water partition coefficient (Wildman–Crippen LogP) is 1.95. The third-order valence-electron chi connectivity index (χ3n) is 5.29. The predicted molar refractivity (Wildman–Crippen MR) is 114 cm³/mol. The van der Waals surface area contributed by atoms with Crippen LogP contribution in [0.15, 0.2) is 51.8 Å². The molecule has 8 nitrogen and oxygen atoms in total. The molecule has 2 aliphatic rings. The molecule has 2 aromatic rings. The zero-order chi connectivity index (χ0) is 21.5. The Morgan fingerprint density at radius 2 is 1.77 bits per heavy atom. The lowest BCUT2D eigenvalue weighted by Gasteiger charge is -2.35. The van der Waals surface area contributed by atoms with E-state index in [0.717, 1.165) is 0 Å². The van der Waals surface area contributed by atoms with E-state index in [1.165, 1.54) is 16.3 Å². The third kappa shape index (κ3) is 3.76. The molecule has 10 heteroatoms. The molecule has 1 saturated heterocycles. The van der Waals surface area contributed by atoms with Gasteiger partial charge in [0.05, 0.1) is 29.9 Å². The van der Waals surface area contributed by atoms with Crippen molar-refractivity contribution in [2.24, 2.45) is 0 Å². The van der Waals surface area contributed by atoms with Crippen LogP contribution in [0.5, 0.6) is 5.75 Å². The molecule has 1 fully saturated rings. The molecule has 0 N–H and O–H groups in total. The van der Waals surface area contributed by atoms with E-state index >= 15 is 0 Å². The van der Waals surface area contributed by atoms with Gasteiger partial charge in [0.1, 0.15) is 5.75 Å². The lowest BCUT2D eigenvalue weighted by Crippen LogP contribution is -2.52. The Balaban J connectivity index is 1.46. The van der Waals surface area contributed by atoms with Crippen LogP contribution in [-0.2, 0) is 14.8 Å². The summed E-state index contributed by atoms with van der Waals surface area (Å²) in [6.45, 7) is 1.72. The van der Waals surface area contributed by atoms with Gasteiger partial charge in [-0.1, -0.05) is 22.0 Å². The van der Waals surface area contributed by atoms with Crippen LogP contribution in [-0.4, -0.2) is 69.3 Å². The maximum Gasteiger partial charge on any atom is 0.300 e. The number of amides is 1. The number of ketones is 1. The highest BCUT2D eigenvalue weighted by atomic mass is 79.9. The van der Waals surface area contributed by atoms with Crippen molar-refractivity contribution in [2.75, 3.05) is 44.9 Å². The number of anilines is 1. The Bertz CT molecular complexity index is 1110. The van der Waals surface area contributed by atoms with Gasteiger partial charge >= 0.3 is 5.91 Å². The van der Waals surface area contributed by atoms with E-state index in [1.807, 2.05) is 4.90 Å². The summed E-state index contributed by atoms with van der Waals surface area (Å²) >= 11 is 3.31. The summed E-state index contributed by atoms with van der Waals surface area (Å²) in [6.07, 6.45) is 0. The summed E-state index contributed by atoms with van der Waals surface area (Å²) in [5.41, 5.74) is 0.880. The molecule has 0 saturated carbocycles. The van der Waals surface area contributed by atoms with Crippen LogP contribution in [0.2, 0.25) is 0 Å². The van der Waals surface area contributed by atoms with Gasteiger partial charge in [-0.3, -0.25) is 19.4 Å². The fourth-order valence-electron chi connectivity index (χ4n) is 3.63. The van der Waals surface area contributed by atoms with Gasteiger partial charge < -0.3 is 4.74 Å². The fraction of sp³-hybridized carbons (Fsp3) is 0.300. The van der Waals surface area contributed by atoms with Crippen molar-refractivity contribution in [2.45, 2.75) is 4.90 Å². The third-order valence-corrected chi connectivity index (χ3v) is 7.67. The van der Waals surface area contributed by atoms with Gasteiger partial charge in [0.15, 0.2) is 0 Å². The quantitative estimate of drug-likeness (QED) is 0.591. The van der Waals surface area contributed by atoms with Crippen LogP contribution in [0.3, 0.4) is 0 Å². The number of sulfonamides is 1. The first kappa shape index (κ1) is 21.0. The molecule has 0 aliphatic carbocycles. The highest BCUT2D eigenvalue weighted by Crippen LogP contribution is 2.32. The van der Waals surface area contributed by atoms with Crippen LogP contribution < -0.4 is 9.64 Å². The summed E-state index contributed by atoms with van der Waals surface area (Å²) in [4.78, 5) is 28.4. The van der Waals surface area contributed by atoms with E-state index < -0.39 is 21.7 Å². The van der Waals surface area contributed by atoms with Crippen LogP contribution >= 0.6 is 15.9 Å². The first-order valence-electron chi connectivity index (χ1n) is 9.33. The fourth-order valence-corrected chi connectivity index (χ4v) is 5.65. The first-order chi connectivity index (χ1) is 14.3. The van der Waals surface area contributed by atoms with E-state index in [0.29, 0.717) is 47.7 Å². The van der Waals surface area contributed by atoms with Gasteiger partial charge in [-0.05, 0) is 30.3 Å². The minimum atomic E-state index is -3.59. The number of piperazine rings is 1. The van der Waals surface area contributed by atoms with E-state index in [4.69, 9.17) is 4.74 Å². The molecule has 30 heavy (non-hydrogen) atoms. The maximum absolute atomic E-state index is 12.9. The molecule has 158 valence electrons. The second-order valence-electron chi connectivity index (χ2n) is 7.07. The zero-order valence-corrected chi connectivity index (χ0v) is 18.6. The largest absolute Gasteiger partial charge is 0.497 e. The van der Waals surface area contributed by atoms with Crippen LogP contribution in [0.25, 0.3) is 0 Å². The Hall–Kier alpha value is -2.27. The van der Waals surface area contributed by atoms with E-state index in [-0.39, 0.29) is 11.6 Å². The summed E-state index contributed by atoms with van der Waals surface area (Å²) in [5, 5.41) is 0. The molecule has 0 atom stereocenters. The summed E-state index contributed by atoms with van der Waals surface area (Å²) < 4.78 is 33.1. The second-order valence-corrected chi connectivity index (χ2v) is 9.92. The smallest absolute Gasteiger partial charge is 0.300 e. The molecule has 0 bridgehead atoms. The lowest BCUT2D eigenvalue weighted by molar-refractivity contribution is -0.114. The molecule has 2 aromatic carbocycles. The zero-order valence-electron chi connectivity index (χ0n) is 16.2. The molecule has 0 unspecified atom stereocenters. The second kappa shape index (κ2) is 8.10. The van der Waals surface area contributed by atoms with Crippen molar-refractivity contribution in [3.63, 3.8) is 0 Å². The number of carbonyl (C=O) groups is 2. The van der Waals surface area contributed by atoms with Crippen LogP contribution in [0, 0.1) is 0 Å². The molecule has 2 aliphatic heterocycles. The Kier molecular flexibility index (Phi) is 5.67. The number of ether oxygens (including phenoxy) is 1. The van der Waals surface area contributed by atoms with Gasteiger partial charge in [-0.15, -0.1) is 0 Å². The average Bonchev–Trinajstić information content (AvgIpc) is 2.98. The number of Topliss-reactive ketones (excluding diaryl/α,β-unsaturated/α-hetero) is 1. The number of rotatable bonds is 5. The van der Waals surface area contributed by atoms with Crippen molar-refractivity contribution in [3.8, 4) is 5.75 Å². The van der Waals surface area contributed by atoms with Crippen molar-refractivity contribution < 1.29 is 22.7 Å². The summed E-state index contributed by atoms with van der Waals surface area (Å²) in [5.74, 6) is -0.558. The highest BCUT2D eigenvalue weighted by Gasteiger charge is 2.38. The number of benzene rings is 2. The molecule has 4 rings (SSSR count). The van der Waals surface area contributed by atoms with Crippen molar-refractivity contribution >= 4 is 43.3 Å². The molecule has 0 aromatic heterocycles. The number of hydrogen-bond donors (Lipinski definition) is 0. The van der Waals surface area contributed by atoms with E-state index in [2.05, 4.69) is 15.9 Å². The highest BCUT2D eigenvalue weighted by molar-refractivity contribution is 9.10. The minimum Gasteiger partial charge on any atom is -0.497 e. The van der Waals surface area contributed by atoms with Crippen LogP contribution in [0.1, 0.15) is 10.4 Å². The topological polar surface area (TPSA) is 87.2 Å². The Morgan fingerprint density at radius 1 is 1.03 bits per heavy atom. The lowest BCUT2D eigenvalue weighted by atomic mass is 10.1. The average molecular weight is 494 g/mol. The number of methoxy groups -OCH3 is 1. The number of carbonyl (C=O) groups excluding carboxylic acids is 2. The van der Waals surface area contributed by atoms with E-state index in [9.17, 15) is 18.0 Å². The standard InChI is InChI=1S/C20H20BrN3O5S/c1-29-15-5-6-17-18(12-15)24(20(26)19(17)25)13-22-7-9-23(10-8-22)30(27,28)16-4-2-3-14(21)11-16/h2-6,11-12H,7-10,13H2,1H3. The van der Waals surface area contributed by atoms with E-state index in [1.54, 1.807) is 42.5 Å². The molecular weight excluding hydrogens is 474 g/mol. The van der Waals surface area contributed by atoms with Gasteiger partial charge in [-0.25, -0.2) is 8.42 Å². The van der Waals surface area contributed by atoms with Gasteiger partial charge in [0.25, 0.3) is 5.78 Å². The monoisotopic (exact) mass is 493 g/mol. The normalized spacial score (nSPS) is 18.0. The maximum atomic E-state index is 12.9. The van der Waals surface area contributed by atoms with Crippen molar-refractivity contribution in [1.29, 1.82) is 0 Å². The van der Waals surface area contributed by atoms with Gasteiger partial charge in [-0.2, -0.15) is 4.31 Å². The number of halogens is 1. The molecule has 1 amide bonds. The Morgan fingerprint density at radius 3 is 2.43 bits per heavy atom. The first-order valence-corrected chi connectivity index (χ1v) is 11.6. The van der Waals surface area contributed by atoms with Crippen molar-refractivity contribution in [3.05, 3.63) is 52.5 Å². The van der Waals surface area contributed by atoms with Gasteiger partial charge in [0.2, 0.25) is 10.0 Å². The van der Waals surface area contributed by atoms with Crippen molar-refractivity contribution in [1.82, 2.24) is 9.21 Å². The molecule has 0 radical (unpaired) electrons. The van der Waals surface area contributed by atoms with Gasteiger partial charge in [0, 0.05) is 36.7 Å². The molecule has 0 spiro atoms. The van der Waals surface area contributed by atoms with Crippen LogP contribution in [0.4, 0.5) is 5.69 Å². The summed E-state index contributed by atoms with van der Waals surface area (Å²) in [6, 6.07) is 11.5. The number of fused-ring (bicyclic) bond motifs is 1. The summed E-state index contributed by atoms with van der Waals surface area (Å²) in [7, 11) is -2.06. The number of hydrogen-bond acceptors (Lipinski definition) is 6. The minimum absolute atomic E-state index is 0.218.